The average molecular weight is 301 g/mol. The number of esters is 1. The molecule has 2 fully saturated rings. The fourth-order valence-electron chi connectivity index (χ4n) is 3.87. The van der Waals surface area contributed by atoms with E-state index in [-0.39, 0.29) is 23.6 Å². The summed E-state index contributed by atoms with van der Waals surface area (Å²) in [5.41, 5.74) is 2.00. The van der Waals surface area contributed by atoms with Crippen molar-refractivity contribution < 1.29 is 14.3 Å². The maximum atomic E-state index is 12.5. The predicted molar refractivity (Wildman–Crippen MR) is 79.3 cm³/mol. The maximum Gasteiger partial charge on any atom is 0.338 e. The number of aromatic nitrogens is 3. The van der Waals surface area contributed by atoms with E-state index < -0.39 is 0 Å². The molecular formula is C16H19N3O3. The molecule has 0 amide bonds. The minimum atomic E-state index is -0.295. The van der Waals surface area contributed by atoms with Gasteiger partial charge < -0.3 is 9.47 Å². The smallest absolute Gasteiger partial charge is 0.338 e. The van der Waals surface area contributed by atoms with Crippen LogP contribution in [0.4, 0.5) is 0 Å². The number of carbonyl (C=O) groups excluding carboxylic acids is 1. The Balaban J connectivity index is 1.56. The molecule has 2 heterocycles. The quantitative estimate of drug-likeness (QED) is 0.793. The van der Waals surface area contributed by atoms with Crippen LogP contribution in [-0.2, 0) is 16.5 Å². The van der Waals surface area contributed by atoms with Crippen LogP contribution < -0.4 is 0 Å². The number of ether oxygens (including phenoxy) is 2. The number of rotatable bonds is 2. The summed E-state index contributed by atoms with van der Waals surface area (Å²) in [5.74, 6) is 0.0372. The molecule has 0 radical (unpaired) electrons. The fraction of sp³-hybridized carbons (Fsp3) is 0.562. The van der Waals surface area contributed by atoms with Crippen molar-refractivity contribution in [1.82, 2.24) is 15.0 Å². The Labute approximate surface area is 128 Å². The molecule has 1 aliphatic carbocycles. The van der Waals surface area contributed by atoms with Crippen LogP contribution in [0.5, 0.6) is 0 Å². The van der Waals surface area contributed by atoms with Crippen molar-refractivity contribution in [1.29, 1.82) is 0 Å². The number of hydrogen-bond acceptors (Lipinski definition) is 5. The molecule has 22 heavy (non-hydrogen) atoms. The van der Waals surface area contributed by atoms with Gasteiger partial charge in [0, 0.05) is 25.0 Å². The summed E-state index contributed by atoms with van der Waals surface area (Å²) in [6.45, 7) is 4.96. The Kier molecular flexibility index (Phi) is 2.81. The average Bonchev–Trinajstić information content (AvgIpc) is 3.10. The topological polar surface area (TPSA) is 66.2 Å². The van der Waals surface area contributed by atoms with Crippen molar-refractivity contribution in [2.45, 2.75) is 32.5 Å². The Hall–Kier alpha value is -1.95. The van der Waals surface area contributed by atoms with E-state index in [0.717, 1.165) is 18.5 Å². The highest BCUT2D eigenvalue weighted by Crippen LogP contribution is 2.53. The second-order valence-corrected chi connectivity index (χ2v) is 6.81. The van der Waals surface area contributed by atoms with Crippen LogP contribution >= 0.6 is 0 Å². The lowest BCUT2D eigenvalue weighted by Crippen LogP contribution is -2.61. The first-order chi connectivity index (χ1) is 10.5. The van der Waals surface area contributed by atoms with Gasteiger partial charge in [0.1, 0.15) is 11.6 Å². The second kappa shape index (κ2) is 4.52. The van der Waals surface area contributed by atoms with E-state index in [0.29, 0.717) is 17.0 Å². The number of hydrogen-bond donors (Lipinski definition) is 0. The maximum absolute atomic E-state index is 12.5. The van der Waals surface area contributed by atoms with Crippen LogP contribution in [0, 0.1) is 11.3 Å². The van der Waals surface area contributed by atoms with E-state index in [1.54, 1.807) is 16.8 Å². The van der Waals surface area contributed by atoms with Gasteiger partial charge in [0.15, 0.2) is 0 Å². The Bertz CT molecular complexity index is 752. The summed E-state index contributed by atoms with van der Waals surface area (Å²) >= 11 is 0. The van der Waals surface area contributed by atoms with Crippen molar-refractivity contribution in [2.24, 2.45) is 18.4 Å². The minimum absolute atomic E-state index is 0.0787. The zero-order valence-corrected chi connectivity index (χ0v) is 12.9. The first-order valence-corrected chi connectivity index (χ1v) is 7.60. The molecule has 1 saturated carbocycles. The number of carbonyl (C=O) groups is 1. The molecule has 116 valence electrons. The minimum Gasteiger partial charge on any atom is -0.458 e. The van der Waals surface area contributed by atoms with E-state index in [4.69, 9.17) is 9.47 Å². The Morgan fingerprint density at radius 2 is 2.27 bits per heavy atom. The number of fused-ring (bicyclic) bond motifs is 2. The Morgan fingerprint density at radius 1 is 1.45 bits per heavy atom. The second-order valence-electron chi connectivity index (χ2n) is 6.81. The van der Waals surface area contributed by atoms with E-state index in [9.17, 15) is 4.79 Å². The third-order valence-corrected chi connectivity index (χ3v) is 5.07. The van der Waals surface area contributed by atoms with Gasteiger partial charge in [-0.25, -0.2) is 9.48 Å². The molecule has 0 spiro atoms. The lowest BCUT2D eigenvalue weighted by Gasteiger charge is -2.53. The molecule has 0 bridgehead atoms. The number of benzene rings is 1. The SMILES string of the molecule is Cn1nnc2cc(C(=O)O[C@@H]3[C@@H]4CCO[C@H]4C3(C)C)ccc21. The van der Waals surface area contributed by atoms with Gasteiger partial charge in [0.25, 0.3) is 0 Å². The molecule has 2 aliphatic rings. The predicted octanol–water partition coefficient (Wildman–Crippen LogP) is 1.94. The van der Waals surface area contributed by atoms with E-state index in [2.05, 4.69) is 24.2 Å². The lowest BCUT2D eigenvalue weighted by molar-refractivity contribution is -0.183. The molecule has 3 atom stereocenters. The largest absolute Gasteiger partial charge is 0.458 e. The highest BCUT2D eigenvalue weighted by molar-refractivity contribution is 5.93. The monoisotopic (exact) mass is 301 g/mol. The molecule has 6 heteroatoms. The molecule has 1 aliphatic heterocycles. The van der Waals surface area contributed by atoms with Crippen LogP contribution in [0.15, 0.2) is 18.2 Å². The molecule has 1 aromatic heterocycles. The van der Waals surface area contributed by atoms with Gasteiger partial charge in [-0.1, -0.05) is 19.1 Å². The summed E-state index contributed by atoms with van der Waals surface area (Å²) in [4.78, 5) is 12.5. The molecule has 1 saturated heterocycles. The van der Waals surface area contributed by atoms with Crippen molar-refractivity contribution in [3.63, 3.8) is 0 Å². The Morgan fingerprint density at radius 3 is 3.09 bits per heavy atom. The van der Waals surface area contributed by atoms with Crippen LogP contribution in [0.2, 0.25) is 0 Å². The van der Waals surface area contributed by atoms with Crippen LogP contribution in [-0.4, -0.2) is 39.8 Å². The third-order valence-electron chi connectivity index (χ3n) is 5.07. The van der Waals surface area contributed by atoms with Gasteiger partial charge in [-0.05, 0) is 24.6 Å². The molecule has 2 aromatic rings. The zero-order chi connectivity index (χ0) is 15.5. The summed E-state index contributed by atoms with van der Waals surface area (Å²) in [5, 5.41) is 7.99. The summed E-state index contributed by atoms with van der Waals surface area (Å²) in [7, 11) is 1.82. The summed E-state index contributed by atoms with van der Waals surface area (Å²) in [6.07, 6.45) is 1.10. The van der Waals surface area contributed by atoms with Crippen molar-refractivity contribution in [3.8, 4) is 0 Å². The van der Waals surface area contributed by atoms with Crippen LogP contribution in [0.3, 0.4) is 0 Å². The van der Waals surface area contributed by atoms with Gasteiger partial charge in [-0.2, -0.15) is 0 Å². The summed E-state index contributed by atoms with van der Waals surface area (Å²) < 4.78 is 13.2. The van der Waals surface area contributed by atoms with Gasteiger partial charge in [0.2, 0.25) is 0 Å². The van der Waals surface area contributed by atoms with E-state index in [1.807, 2.05) is 13.1 Å². The zero-order valence-electron chi connectivity index (χ0n) is 12.9. The molecule has 0 N–H and O–H groups in total. The van der Waals surface area contributed by atoms with E-state index >= 15 is 0 Å². The number of aryl methyl sites for hydroxylation is 1. The molecule has 0 unspecified atom stereocenters. The third kappa shape index (κ3) is 1.80. The molecule has 6 nitrogen and oxygen atoms in total. The van der Waals surface area contributed by atoms with Gasteiger partial charge in [-0.15, -0.1) is 5.10 Å². The highest BCUT2D eigenvalue weighted by atomic mass is 16.6. The normalized spacial score (nSPS) is 29.1. The van der Waals surface area contributed by atoms with Crippen LogP contribution in [0.25, 0.3) is 11.0 Å². The van der Waals surface area contributed by atoms with Gasteiger partial charge in [-0.3, -0.25) is 0 Å². The number of nitrogens with zero attached hydrogens (tertiary/aromatic N) is 3. The van der Waals surface area contributed by atoms with Gasteiger partial charge in [0.05, 0.1) is 17.2 Å². The van der Waals surface area contributed by atoms with E-state index in [1.165, 1.54) is 0 Å². The van der Waals surface area contributed by atoms with Gasteiger partial charge >= 0.3 is 5.97 Å². The van der Waals surface area contributed by atoms with Crippen LogP contribution in [0.1, 0.15) is 30.6 Å². The first-order valence-electron chi connectivity index (χ1n) is 7.60. The van der Waals surface area contributed by atoms with Crippen molar-refractivity contribution in [3.05, 3.63) is 23.8 Å². The summed E-state index contributed by atoms with van der Waals surface area (Å²) in [6, 6.07) is 5.35. The van der Waals surface area contributed by atoms with Crippen molar-refractivity contribution in [2.75, 3.05) is 6.61 Å². The first kappa shape index (κ1) is 13.7. The standard InChI is InChI=1S/C16H19N3O3/c1-16(2)13-10(6-7-21-13)14(16)22-15(20)9-4-5-12-11(8-9)17-18-19(12)3/h4-5,8,10,13-14H,6-7H2,1-3H3/t10-,13-,14-/m1/s1. The highest BCUT2D eigenvalue weighted by Gasteiger charge is 2.61. The molecule has 1 aromatic carbocycles. The fourth-order valence-corrected chi connectivity index (χ4v) is 3.87. The molecule has 4 rings (SSSR count). The molecular weight excluding hydrogens is 282 g/mol. The lowest BCUT2D eigenvalue weighted by atomic mass is 9.59. The van der Waals surface area contributed by atoms with Crippen molar-refractivity contribution >= 4 is 17.0 Å².